The van der Waals surface area contributed by atoms with Crippen LogP contribution >= 0.6 is 0 Å². The van der Waals surface area contributed by atoms with Gasteiger partial charge in [0.25, 0.3) is 0 Å². The Bertz CT molecular complexity index is 192. The van der Waals surface area contributed by atoms with Gasteiger partial charge in [0, 0.05) is 18.2 Å². The zero-order valence-corrected chi connectivity index (χ0v) is 4.86. The van der Waals surface area contributed by atoms with Crippen LogP contribution in [0.25, 0.3) is 5.53 Å². The van der Waals surface area contributed by atoms with Gasteiger partial charge in [0.15, 0.2) is 0 Å². The molecule has 1 aliphatic rings. The first kappa shape index (κ1) is 5.95. The minimum atomic E-state index is -0.0319. The summed E-state index contributed by atoms with van der Waals surface area (Å²) in [5, 5.41) is 0. The summed E-state index contributed by atoms with van der Waals surface area (Å²) in [5.74, 6) is 0. The van der Waals surface area contributed by atoms with E-state index in [4.69, 9.17) is 11.3 Å². The lowest BCUT2D eigenvalue weighted by atomic mass is 10.1. The summed E-state index contributed by atoms with van der Waals surface area (Å²) in [6.45, 7) is 0. The molecule has 0 unspecified atom stereocenters. The van der Waals surface area contributed by atoms with Gasteiger partial charge in [0.05, 0.1) is 0 Å². The van der Waals surface area contributed by atoms with Crippen molar-refractivity contribution in [2.75, 3.05) is 0 Å². The third-order valence-corrected chi connectivity index (χ3v) is 1.09. The predicted octanol–water partition coefficient (Wildman–Crippen LogP) is 0.111. The van der Waals surface area contributed by atoms with Crippen molar-refractivity contribution in [3.05, 3.63) is 29.8 Å². The van der Waals surface area contributed by atoms with E-state index < -0.39 is 0 Å². The average molecular weight is 121 g/mol. The molecule has 3 nitrogen and oxygen atoms in total. The molecule has 0 radical (unpaired) electrons. The second-order valence-electron chi connectivity index (χ2n) is 1.82. The molecule has 0 fully saturated rings. The van der Waals surface area contributed by atoms with Crippen LogP contribution < -0.4 is 5.73 Å². The summed E-state index contributed by atoms with van der Waals surface area (Å²) in [4.78, 5) is 2.97. The first-order valence-corrected chi connectivity index (χ1v) is 2.67. The van der Waals surface area contributed by atoms with Crippen LogP contribution in [-0.2, 0) is 0 Å². The van der Waals surface area contributed by atoms with Crippen LogP contribution in [0.2, 0.25) is 0 Å². The Kier molecular flexibility index (Phi) is 1.58. The topological polar surface area (TPSA) is 62.4 Å². The van der Waals surface area contributed by atoms with Crippen LogP contribution in [0.5, 0.6) is 0 Å². The molecular weight excluding hydrogens is 114 g/mol. The van der Waals surface area contributed by atoms with Gasteiger partial charge in [-0.2, -0.15) is 4.79 Å². The highest BCUT2D eigenvalue weighted by Gasteiger charge is 2.03. The van der Waals surface area contributed by atoms with Crippen molar-refractivity contribution in [1.29, 1.82) is 0 Å². The van der Waals surface area contributed by atoms with E-state index in [2.05, 4.69) is 4.79 Å². The lowest BCUT2D eigenvalue weighted by molar-refractivity contribution is -0.00163. The minimum Gasteiger partial charge on any atom is -0.361 e. The molecule has 0 aromatic heterocycles. The van der Waals surface area contributed by atoms with Crippen molar-refractivity contribution >= 4 is 5.71 Å². The molecule has 9 heavy (non-hydrogen) atoms. The second kappa shape index (κ2) is 2.40. The maximum atomic E-state index is 8.22. The van der Waals surface area contributed by atoms with Crippen LogP contribution in [0.15, 0.2) is 24.3 Å². The summed E-state index contributed by atoms with van der Waals surface area (Å²) in [6.07, 6.45) is 6.86. The fourth-order valence-corrected chi connectivity index (χ4v) is 0.606. The summed E-state index contributed by atoms with van der Waals surface area (Å²) >= 11 is 0. The Labute approximate surface area is 53.1 Å². The van der Waals surface area contributed by atoms with E-state index in [1.165, 1.54) is 0 Å². The summed E-state index contributed by atoms with van der Waals surface area (Å²) in [6, 6.07) is -0.0319. The van der Waals surface area contributed by atoms with Gasteiger partial charge in [-0.25, -0.2) is 0 Å². The van der Waals surface area contributed by atoms with Gasteiger partial charge in [-0.15, -0.1) is 0 Å². The number of rotatable bonds is 0. The molecule has 0 spiro atoms. The Balaban J connectivity index is 2.82. The summed E-state index contributed by atoms with van der Waals surface area (Å²) < 4.78 is 0. The molecule has 0 saturated carbocycles. The van der Waals surface area contributed by atoms with Gasteiger partial charge in [0.2, 0.25) is 0 Å². The normalized spacial score (nSPS) is 24.1. The zero-order chi connectivity index (χ0) is 6.69. The Morgan fingerprint density at radius 2 is 2.00 bits per heavy atom. The molecule has 2 N–H and O–H groups in total. The molecule has 46 valence electrons. The predicted molar refractivity (Wildman–Crippen MR) is 34.9 cm³/mol. The van der Waals surface area contributed by atoms with Gasteiger partial charge in [-0.1, -0.05) is 12.2 Å². The van der Waals surface area contributed by atoms with E-state index in [1.54, 1.807) is 24.3 Å². The van der Waals surface area contributed by atoms with Crippen molar-refractivity contribution in [2.24, 2.45) is 5.73 Å². The lowest BCUT2D eigenvalue weighted by Gasteiger charge is -1.98. The van der Waals surface area contributed by atoms with E-state index >= 15 is 0 Å². The Hall–Kier alpha value is -1.18. The highest BCUT2D eigenvalue weighted by Crippen LogP contribution is 1.94. The van der Waals surface area contributed by atoms with Gasteiger partial charge in [0.1, 0.15) is 0 Å². The van der Waals surface area contributed by atoms with Crippen molar-refractivity contribution in [2.45, 2.75) is 6.04 Å². The van der Waals surface area contributed by atoms with E-state index in [0.29, 0.717) is 5.71 Å². The molecular formula is C6H7N3. The molecule has 0 amide bonds. The molecule has 0 saturated heterocycles. The number of nitrogens with two attached hydrogens (primary N) is 1. The van der Waals surface area contributed by atoms with Gasteiger partial charge in [-0.05, 0) is 0 Å². The third-order valence-electron chi connectivity index (χ3n) is 1.09. The van der Waals surface area contributed by atoms with Crippen molar-refractivity contribution < 1.29 is 4.79 Å². The quantitative estimate of drug-likeness (QED) is 0.359. The van der Waals surface area contributed by atoms with E-state index in [-0.39, 0.29) is 6.04 Å². The molecule has 3 heteroatoms. The number of nitrogens with zero attached hydrogens (tertiary/aromatic N) is 2. The lowest BCUT2D eigenvalue weighted by Crippen LogP contribution is -2.16. The Morgan fingerprint density at radius 1 is 1.44 bits per heavy atom. The highest BCUT2D eigenvalue weighted by molar-refractivity contribution is 6.00. The van der Waals surface area contributed by atoms with E-state index in [1.807, 2.05) is 0 Å². The number of allylic oxidation sites excluding steroid dienone is 2. The highest BCUT2D eigenvalue weighted by atomic mass is 14.8. The second-order valence-corrected chi connectivity index (χ2v) is 1.82. The van der Waals surface area contributed by atoms with Crippen LogP contribution in [0.3, 0.4) is 0 Å². The van der Waals surface area contributed by atoms with Gasteiger partial charge < -0.3 is 11.3 Å². The average Bonchev–Trinajstić information content (AvgIpc) is 1.90. The molecule has 0 heterocycles. The maximum absolute atomic E-state index is 8.22. The fraction of sp³-hybridized carbons (Fsp3) is 0.167. The third kappa shape index (κ3) is 1.35. The van der Waals surface area contributed by atoms with Crippen LogP contribution in [0.1, 0.15) is 0 Å². The first-order chi connectivity index (χ1) is 4.33. The van der Waals surface area contributed by atoms with Gasteiger partial charge >= 0.3 is 5.71 Å². The molecule has 0 aromatic rings. The van der Waals surface area contributed by atoms with Gasteiger partial charge in [-0.3, -0.25) is 0 Å². The standard InChI is InChI=1S/C6H7N3/c7-5-1-3-6(9-8)4-2-5/h1-5H,7H2. The largest absolute Gasteiger partial charge is 0.361 e. The van der Waals surface area contributed by atoms with Crippen molar-refractivity contribution in [3.8, 4) is 0 Å². The zero-order valence-electron chi connectivity index (χ0n) is 4.86. The molecule has 0 bridgehead atoms. The van der Waals surface area contributed by atoms with Crippen molar-refractivity contribution in [1.82, 2.24) is 0 Å². The molecule has 0 atom stereocenters. The fourth-order valence-electron chi connectivity index (χ4n) is 0.606. The summed E-state index contributed by atoms with van der Waals surface area (Å²) in [7, 11) is 0. The molecule has 1 aliphatic carbocycles. The van der Waals surface area contributed by atoms with Crippen LogP contribution in [0.4, 0.5) is 0 Å². The SMILES string of the molecule is [N-]=[N+]=C1C=CC(N)C=C1. The maximum Gasteiger partial charge on any atom is 0.314 e. The molecule has 0 aromatic carbocycles. The monoisotopic (exact) mass is 121 g/mol. The molecule has 0 aliphatic heterocycles. The van der Waals surface area contributed by atoms with Crippen LogP contribution in [-0.4, -0.2) is 16.5 Å². The van der Waals surface area contributed by atoms with Crippen molar-refractivity contribution in [3.63, 3.8) is 0 Å². The molecule has 1 rings (SSSR count). The first-order valence-electron chi connectivity index (χ1n) is 2.67. The number of hydrogen-bond donors (Lipinski definition) is 1. The Morgan fingerprint density at radius 3 is 2.44 bits per heavy atom. The van der Waals surface area contributed by atoms with E-state index in [0.717, 1.165) is 0 Å². The summed E-state index contributed by atoms with van der Waals surface area (Å²) in [5.41, 5.74) is 14.2. The number of hydrogen-bond acceptors (Lipinski definition) is 1. The van der Waals surface area contributed by atoms with E-state index in [9.17, 15) is 0 Å². The minimum absolute atomic E-state index is 0.0319. The smallest absolute Gasteiger partial charge is 0.314 e. The van der Waals surface area contributed by atoms with Crippen LogP contribution in [0, 0.1) is 0 Å².